The summed E-state index contributed by atoms with van der Waals surface area (Å²) in [4.78, 5) is 50.1. The number of rotatable bonds is 11. The van der Waals surface area contributed by atoms with Crippen LogP contribution in [-0.4, -0.2) is 59.9 Å². The van der Waals surface area contributed by atoms with E-state index >= 15 is 0 Å². The standard InChI is InChI=1S/C32H35F3N4O6/c1-3-4-18(19-5-7-26(32(42)43)27(36)11-19)12-30(40)39-17-29(38-45-25-14-23(34)13-24(35)15-25)37-16-21(31(39)41)9-20-10-22(33)6-8-28(20)44-2/h5-8,10-11,13-14,18,21,25H,3-4,9,12,15-17,36H2,1-2H3,(H,37,38)(H,42,43)/t18-,21?,25?/m0/s1. The zero-order valence-electron chi connectivity index (χ0n) is 24.9. The fourth-order valence-electron chi connectivity index (χ4n) is 5.39. The maximum atomic E-state index is 14.1. The van der Waals surface area contributed by atoms with Crippen LogP contribution in [0.1, 0.15) is 60.0 Å². The highest BCUT2D eigenvalue weighted by atomic mass is 19.1. The van der Waals surface area contributed by atoms with Crippen molar-refractivity contribution in [3.63, 3.8) is 0 Å². The van der Waals surface area contributed by atoms with Crippen LogP contribution in [0.4, 0.5) is 18.9 Å². The molecule has 4 N–H and O–H groups in total. The second-order valence-corrected chi connectivity index (χ2v) is 10.9. The van der Waals surface area contributed by atoms with Crippen LogP contribution in [0, 0.1) is 11.7 Å². The van der Waals surface area contributed by atoms with Gasteiger partial charge in [-0.1, -0.05) is 19.4 Å². The first-order valence-corrected chi connectivity index (χ1v) is 14.5. The number of hydroxylamine groups is 1. The average molecular weight is 629 g/mol. The van der Waals surface area contributed by atoms with Crippen molar-refractivity contribution in [3.05, 3.63) is 82.7 Å². The van der Waals surface area contributed by atoms with E-state index in [-0.39, 0.29) is 55.4 Å². The van der Waals surface area contributed by atoms with E-state index < -0.39 is 47.3 Å². The highest BCUT2D eigenvalue weighted by Crippen LogP contribution is 2.30. The van der Waals surface area contributed by atoms with Crippen LogP contribution in [0.25, 0.3) is 0 Å². The van der Waals surface area contributed by atoms with Crippen molar-refractivity contribution in [2.45, 2.75) is 51.0 Å². The molecule has 2 aliphatic rings. The number of imide groups is 1. The predicted molar refractivity (Wildman–Crippen MR) is 160 cm³/mol. The number of aromatic carboxylic acids is 1. The van der Waals surface area contributed by atoms with Gasteiger partial charge in [-0.05, 0) is 66.3 Å². The van der Waals surface area contributed by atoms with Gasteiger partial charge >= 0.3 is 5.97 Å². The Morgan fingerprint density at radius 3 is 2.64 bits per heavy atom. The number of amidine groups is 1. The number of methoxy groups -OCH3 is 1. The Balaban J connectivity index is 1.60. The third-order valence-electron chi connectivity index (χ3n) is 7.64. The number of nitrogens with zero attached hydrogens (tertiary/aromatic N) is 2. The van der Waals surface area contributed by atoms with E-state index in [1.807, 2.05) is 6.92 Å². The number of ether oxygens (including phenoxy) is 1. The fourth-order valence-corrected chi connectivity index (χ4v) is 5.39. The van der Waals surface area contributed by atoms with Gasteiger partial charge in [-0.15, -0.1) is 0 Å². The van der Waals surface area contributed by atoms with E-state index in [4.69, 9.17) is 15.3 Å². The molecule has 2 amide bonds. The van der Waals surface area contributed by atoms with Crippen molar-refractivity contribution < 1.29 is 42.2 Å². The fraction of sp³-hybridized carbons (Fsp3) is 0.375. The summed E-state index contributed by atoms with van der Waals surface area (Å²) in [6, 6.07) is 8.43. The van der Waals surface area contributed by atoms with Crippen LogP contribution in [0.15, 0.2) is 65.2 Å². The Labute approximate surface area is 258 Å². The van der Waals surface area contributed by atoms with E-state index in [0.717, 1.165) is 17.1 Å². The molecule has 0 saturated heterocycles. The Bertz CT molecular complexity index is 1540. The minimum absolute atomic E-state index is 0.0132. The topological polar surface area (TPSA) is 144 Å². The van der Waals surface area contributed by atoms with Crippen molar-refractivity contribution in [3.8, 4) is 5.75 Å². The van der Waals surface area contributed by atoms with E-state index in [1.54, 1.807) is 6.07 Å². The van der Waals surface area contributed by atoms with E-state index in [0.29, 0.717) is 29.7 Å². The number of carbonyl (C=O) groups is 3. The SMILES string of the molecule is CCC[C@@H](CC(=O)N1CC(NOC2C=C(F)C=C(F)C2)=NCC(Cc2cc(F)ccc2OC)C1=O)c1ccc(C(=O)O)c(N)c1. The molecule has 1 heterocycles. The quantitative estimate of drug-likeness (QED) is 0.233. The first kappa shape index (κ1) is 33.2. The van der Waals surface area contributed by atoms with Crippen molar-refractivity contribution in [1.82, 2.24) is 10.4 Å². The minimum atomic E-state index is -1.18. The Kier molecular flexibility index (Phi) is 11.0. The zero-order chi connectivity index (χ0) is 32.7. The number of nitrogen functional groups attached to an aromatic ring is 1. The summed E-state index contributed by atoms with van der Waals surface area (Å²) in [6.07, 6.45) is 1.75. The Morgan fingerprint density at radius 2 is 1.98 bits per heavy atom. The third-order valence-corrected chi connectivity index (χ3v) is 7.64. The molecule has 0 saturated carbocycles. The number of carboxylic acid groups (broad SMARTS) is 1. The minimum Gasteiger partial charge on any atom is -0.496 e. The van der Waals surface area contributed by atoms with Crippen LogP contribution >= 0.6 is 0 Å². The van der Waals surface area contributed by atoms with E-state index in [1.165, 1.54) is 37.4 Å². The van der Waals surface area contributed by atoms with Crippen LogP contribution in [0.3, 0.4) is 0 Å². The number of hydrogen-bond acceptors (Lipinski definition) is 8. The summed E-state index contributed by atoms with van der Waals surface area (Å²) in [6.45, 7) is 1.52. The number of halogens is 3. The maximum absolute atomic E-state index is 14.1. The third kappa shape index (κ3) is 8.50. The summed E-state index contributed by atoms with van der Waals surface area (Å²) in [5.74, 6) is -5.13. The number of aliphatic imine (C=N–C) groups is 1. The number of allylic oxidation sites excluding steroid dienone is 2. The van der Waals surface area contributed by atoms with Gasteiger partial charge in [0.1, 0.15) is 35.2 Å². The van der Waals surface area contributed by atoms with Crippen molar-refractivity contribution in [1.29, 1.82) is 0 Å². The second-order valence-electron chi connectivity index (χ2n) is 10.9. The van der Waals surface area contributed by atoms with Crippen LogP contribution in [-0.2, 0) is 20.8 Å². The number of benzene rings is 2. The number of anilines is 1. The maximum Gasteiger partial charge on any atom is 0.337 e. The van der Waals surface area contributed by atoms with Crippen molar-refractivity contribution in [2.24, 2.45) is 10.9 Å². The molecule has 0 radical (unpaired) electrons. The smallest absolute Gasteiger partial charge is 0.337 e. The van der Waals surface area contributed by atoms with Gasteiger partial charge in [0, 0.05) is 24.6 Å². The van der Waals surface area contributed by atoms with Crippen LogP contribution < -0.4 is 16.0 Å². The van der Waals surface area contributed by atoms with E-state index in [9.17, 15) is 32.7 Å². The molecular weight excluding hydrogens is 593 g/mol. The van der Waals surface area contributed by atoms with E-state index in [2.05, 4.69) is 10.5 Å². The number of nitrogens with one attached hydrogen (secondary N) is 1. The van der Waals surface area contributed by atoms with Gasteiger partial charge in [-0.2, -0.15) is 0 Å². The lowest BCUT2D eigenvalue weighted by atomic mass is 9.89. The molecule has 2 unspecified atom stereocenters. The zero-order valence-corrected chi connectivity index (χ0v) is 24.9. The van der Waals surface area contributed by atoms with Crippen molar-refractivity contribution in [2.75, 3.05) is 25.9 Å². The second kappa shape index (κ2) is 14.9. The van der Waals surface area contributed by atoms with Gasteiger partial charge < -0.3 is 15.6 Å². The van der Waals surface area contributed by atoms with Gasteiger partial charge in [0.2, 0.25) is 11.8 Å². The molecule has 240 valence electrons. The molecule has 2 aromatic rings. The van der Waals surface area contributed by atoms with Gasteiger partial charge in [0.05, 0.1) is 31.7 Å². The molecule has 0 fully saturated rings. The van der Waals surface area contributed by atoms with Gasteiger partial charge in [-0.3, -0.25) is 29.8 Å². The molecule has 10 nitrogen and oxygen atoms in total. The summed E-state index contributed by atoms with van der Waals surface area (Å²) in [5, 5.41) is 9.35. The average Bonchev–Trinajstić information content (AvgIpc) is 3.13. The molecule has 3 atom stereocenters. The number of hydrogen-bond donors (Lipinski definition) is 3. The lowest BCUT2D eigenvalue weighted by molar-refractivity contribution is -0.146. The summed E-state index contributed by atoms with van der Waals surface area (Å²) in [7, 11) is 1.42. The highest BCUT2D eigenvalue weighted by Gasteiger charge is 2.34. The lowest BCUT2D eigenvalue weighted by Crippen LogP contribution is -2.46. The monoisotopic (exact) mass is 628 g/mol. The number of nitrogens with two attached hydrogens (primary N) is 1. The molecule has 45 heavy (non-hydrogen) atoms. The normalized spacial score (nSPS) is 19.2. The molecule has 0 bridgehead atoms. The first-order chi connectivity index (χ1) is 21.5. The molecule has 2 aromatic carbocycles. The molecule has 1 aliphatic carbocycles. The van der Waals surface area contributed by atoms with Crippen LogP contribution in [0.2, 0.25) is 0 Å². The van der Waals surface area contributed by atoms with Gasteiger partial charge in [0.25, 0.3) is 0 Å². The number of amides is 2. The summed E-state index contributed by atoms with van der Waals surface area (Å²) < 4.78 is 47.0. The predicted octanol–water partition coefficient (Wildman–Crippen LogP) is 5.02. The molecule has 4 rings (SSSR count). The number of carboxylic acids is 1. The Morgan fingerprint density at radius 1 is 1.20 bits per heavy atom. The molecule has 1 aliphatic heterocycles. The van der Waals surface area contributed by atoms with Gasteiger partial charge in [0.15, 0.2) is 0 Å². The molecule has 0 spiro atoms. The van der Waals surface area contributed by atoms with Gasteiger partial charge in [-0.25, -0.2) is 18.0 Å². The van der Waals surface area contributed by atoms with Crippen LogP contribution in [0.5, 0.6) is 5.75 Å². The summed E-state index contributed by atoms with van der Waals surface area (Å²) >= 11 is 0. The molecule has 13 heteroatoms. The lowest BCUT2D eigenvalue weighted by Gasteiger charge is -2.26. The first-order valence-electron chi connectivity index (χ1n) is 14.5. The summed E-state index contributed by atoms with van der Waals surface area (Å²) in [5.41, 5.74) is 9.59. The Hall–Kier alpha value is -4.65. The van der Waals surface area contributed by atoms with Crippen molar-refractivity contribution >= 4 is 29.3 Å². The molecular formula is C32H35F3N4O6. The largest absolute Gasteiger partial charge is 0.496 e. The molecule has 0 aromatic heterocycles. The number of carbonyl (C=O) groups excluding carboxylic acids is 2. The highest BCUT2D eigenvalue weighted by molar-refractivity contribution is 6.02.